The highest BCUT2D eigenvalue weighted by molar-refractivity contribution is 6.02. The quantitative estimate of drug-likeness (QED) is 0.558. The number of likely N-dealkylation sites (N-methyl/N-ethyl adjacent to an activating group) is 1. The molecule has 0 bridgehead atoms. The molecule has 8 nitrogen and oxygen atoms in total. The topological polar surface area (TPSA) is 86.6 Å². The maximum atomic E-state index is 13.0. The van der Waals surface area contributed by atoms with Gasteiger partial charge in [0.05, 0.1) is 5.69 Å². The number of benzene rings is 1. The van der Waals surface area contributed by atoms with Crippen LogP contribution in [0.25, 0.3) is 11.3 Å². The first-order valence-corrected chi connectivity index (χ1v) is 12.8. The minimum absolute atomic E-state index is 0.0264. The number of carbonyl (C=O) groups excluding carboxylic acids is 1. The molecule has 1 fully saturated rings. The van der Waals surface area contributed by atoms with Gasteiger partial charge in [0.15, 0.2) is 0 Å². The van der Waals surface area contributed by atoms with Crippen LogP contribution < -0.4 is 5.32 Å². The SMILES string of the molecule is CC1=CCC(NC(=O)c2ccc(CN3CCN(C)CC3)cc2)CC1=Nc1nccc(-c2cccnc2)n1. The average Bonchev–Trinajstić information content (AvgIpc) is 2.93. The van der Waals surface area contributed by atoms with Crippen LogP contribution >= 0.6 is 0 Å². The van der Waals surface area contributed by atoms with Crippen LogP contribution in [0.1, 0.15) is 35.7 Å². The Hall–Kier alpha value is -3.75. The fourth-order valence-corrected chi connectivity index (χ4v) is 4.65. The Balaban J connectivity index is 1.21. The predicted octanol–water partition coefficient (Wildman–Crippen LogP) is 3.90. The van der Waals surface area contributed by atoms with Crippen molar-refractivity contribution in [3.63, 3.8) is 0 Å². The molecule has 1 N–H and O–H groups in total. The highest BCUT2D eigenvalue weighted by Crippen LogP contribution is 2.22. The molecule has 5 rings (SSSR count). The predicted molar refractivity (Wildman–Crippen MR) is 146 cm³/mol. The van der Waals surface area contributed by atoms with Crippen molar-refractivity contribution in [2.24, 2.45) is 4.99 Å². The maximum absolute atomic E-state index is 13.0. The van der Waals surface area contributed by atoms with E-state index in [4.69, 9.17) is 4.99 Å². The molecule has 1 atom stereocenters. The number of aliphatic imine (C=N–C) groups is 1. The summed E-state index contributed by atoms with van der Waals surface area (Å²) in [7, 11) is 2.16. The summed E-state index contributed by atoms with van der Waals surface area (Å²) < 4.78 is 0. The Labute approximate surface area is 218 Å². The second kappa shape index (κ2) is 11.5. The Kier molecular flexibility index (Phi) is 7.77. The van der Waals surface area contributed by atoms with Crippen molar-refractivity contribution in [1.29, 1.82) is 0 Å². The van der Waals surface area contributed by atoms with Gasteiger partial charge < -0.3 is 10.2 Å². The van der Waals surface area contributed by atoms with Crippen LogP contribution in [0.2, 0.25) is 0 Å². The molecular formula is C29H33N7O. The van der Waals surface area contributed by atoms with E-state index in [2.05, 4.69) is 55.3 Å². The number of aromatic nitrogens is 3. The summed E-state index contributed by atoms with van der Waals surface area (Å²) in [4.78, 5) is 35.6. The van der Waals surface area contributed by atoms with Gasteiger partial charge >= 0.3 is 0 Å². The van der Waals surface area contributed by atoms with Gasteiger partial charge in [-0.1, -0.05) is 18.2 Å². The molecule has 3 heterocycles. The van der Waals surface area contributed by atoms with Crippen LogP contribution in [0.15, 0.2) is 77.7 Å². The summed E-state index contributed by atoms with van der Waals surface area (Å²) in [5.41, 5.74) is 5.60. The van der Waals surface area contributed by atoms with Crippen molar-refractivity contribution in [3.8, 4) is 11.3 Å². The molecule has 2 aromatic heterocycles. The number of allylic oxidation sites excluding steroid dienone is 1. The van der Waals surface area contributed by atoms with E-state index < -0.39 is 0 Å². The standard InChI is InChI=1S/C29H33N7O/c1-21-5-10-25(18-27(21)34-29-31-13-11-26(33-29)24-4-3-12-30-19-24)32-28(37)23-8-6-22(7-9-23)20-36-16-14-35(2)15-17-36/h3-9,11-13,19,25H,10,14-18,20H2,1-2H3,(H,32,37). The molecule has 190 valence electrons. The van der Waals surface area contributed by atoms with Gasteiger partial charge in [-0.3, -0.25) is 14.7 Å². The van der Waals surface area contributed by atoms with Crippen LogP contribution in [0.3, 0.4) is 0 Å². The molecule has 2 aliphatic rings. The van der Waals surface area contributed by atoms with Gasteiger partial charge in [-0.2, -0.15) is 0 Å². The molecule has 1 aliphatic heterocycles. The molecule has 1 saturated heterocycles. The van der Waals surface area contributed by atoms with Crippen molar-refractivity contribution in [2.75, 3.05) is 33.2 Å². The fraction of sp³-hybridized carbons (Fsp3) is 0.345. The molecule has 3 aromatic rings. The summed E-state index contributed by atoms with van der Waals surface area (Å²) in [6, 6.07) is 13.7. The van der Waals surface area contributed by atoms with Crippen LogP contribution in [0.4, 0.5) is 5.95 Å². The molecule has 1 amide bonds. The van der Waals surface area contributed by atoms with Crippen LogP contribution in [-0.4, -0.2) is 75.6 Å². The molecule has 0 radical (unpaired) electrons. The number of amides is 1. The van der Waals surface area contributed by atoms with Crippen LogP contribution in [-0.2, 0) is 6.54 Å². The molecular weight excluding hydrogens is 462 g/mol. The number of pyridine rings is 1. The van der Waals surface area contributed by atoms with Crippen molar-refractivity contribution in [1.82, 2.24) is 30.1 Å². The smallest absolute Gasteiger partial charge is 0.251 e. The van der Waals surface area contributed by atoms with E-state index in [0.29, 0.717) is 17.9 Å². The zero-order valence-electron chi connectivity index (χ0n) is 21.5. The lowest BCUT2D eigenvalue weighted by Crippen LogP contribution is -2.43. The minimum Gasteiger partial charge on any atom is -0.349 e. The van der Waals surface area contributed by atoms with Crippen molar-refractivity contribution < 1.29 is 4.79 Å². The minimum atomic E-state index is -0.0572. The zero-order chi connectivity index (χ0) is 25.6. The second-order valence-electron chi connectivity index (χ2n) is 9.82. The lowest BCUT2D eigenvalue weighted by molar-refractivity contribution is 0.0938. The van der Waals surface area contributed by atoms with Crippen molar-refractivity contribution >= 4 is 17.6 Å². The summed E-state index contributed by atoms with van der Waals surface area (Å²) in [5, 5.41) is 3.19. The maximum Gasteiger partial charge on any atom is 0.251 e. The first-order chi connectivity index (χ1) is 18.0. The third-order valence-electron chi connectivity index (χ3n) is 6.99. The molecule has 0 spiro atoms. The van der Waals surface area contributed by atoms with Gasteiger partial charge in [0.25, 0.3) is 5.91 Å². The Morgan fingerprint density at radius 1 is 1.08 bits per heavy atom. The second-order valence-corrected chi connectivity index (χ2v) is 9.82. The molecule has 1 aromatic carbocycles. The monoisotopic (exact) mass is 495 g/mol. The lowest BCUT2D eigenvalue weighted by atomic mass is 9.93. The summed E-state index contributed by atoms with van der Waals surface area (Å²) >= 11 is 0. The molecule has 37 heavy (non-hydrogen) atoms. The van der Waals surface area contributed by atoms with Gasteiger partial charge in [0, 0.05) is 80.6 Å². The third-order valence-corrected chi connectivity index (χ3v) is 6.99. The number of hydrogen-bond acceptors (Lipinski definition) is 7. The van der Waals surface area contributed by atoms with E-state index in [1.807, 2.05) is 37.3 Å². The Bertz CT molecular complexity index is 1280. The number of hydrogen-bond donors (Lipinski definition) is 1. The first kappa shape index (κ1) is 24.9. The average molecular weight is 496 g/mol. The normalized spacial score (nSPS) is 20.0. The number of rotatable bonds is 6. The molecule has 1 aliphatic carbocycles. The highest BCUT2D eigenvalue weighted by atomic mass is 16.1. The van der Waals surface area contributed by atoms with Gasteiger partial charge in [-0.05, 0) is 61.9 Å². The Morgan fingerprint density at radius 3 is 2.65 bits per heavy atom. The van der Waals surface area contributed by atoms with Gasteiger partial charge in [-0.15, -0.1) is 0 Å². The molecule has 8 heteroatoms. The van der Waals surface area contributed by atoms with Crippen molar-refractivity contribution in [2.45, 2.75) is 32.4 Å². The molecule has 0 saturated carbocycles. The Morgan fingerprint density at radius 2 is 1.89 bits per heavy atom. The van der Waals surface area contributed by atoms with E-state index in [9.17, 15) is 4.79 Å². The molecule has 1 unspecified atom stereocenters. The van der Waals surface area contributed by atoms with Crippen LogP contribution in [0, 0.1) is 0 Å². The van der Waals surface area contributed by atoms with E-state index >= 15 is 0 Å². The number of nitrogens with zero attached hydrogens (tertiary/aromatic N) is 6. The van der Waals surface area contributed by atoms with Gasteiger partial charge in [0.1, 0.15) is 0 Å². The summed E-state index contributed by atoms with van der Waals surface area (Å²) in [6.07, 6.45) is 8.75. The van der Waals surface area contributed by atoms with E-state index in [0.717, 1.165) is 61.7 Å². The fourth-order valence-electron chi connectivity index (χ4n) is 4.65. The van der Waals surface area contributed by atoms with Crippen LogP contribution in [0.5, 0.6) is 0 Å². The zero-order valence-corrected chi connectivity index (χ0v) is 21.5. The van der Waals surface area contributed by atoms with E-state index in [1.165, 1.54) is 5.56 Å². The largest absolute Gasteiger partial charge is 0.349 e. The summed E-state index contributed by atoms with van der Waals surface area (Å²) in [6.45, 7) is 7.33. The van der Waals surface area contributed by atoms with E-state index in [-0.39, 0.29) is 11.9 Å². The van der Waals surface area contributed by atoms with E-state index in [1.54, 1.807) is 18.6 Å². The first-order valence-electron chi connectivity index (χ1n) is 12.8. The van der Waals surface area contributed by atoms with Gasteiger partial charge in [0.2, 0.25) is 5.95 Å². The number of nitrogens with one attached hydrogen (secondary N) is 1. The number of piperazine rings is 1. The third kappa shape index (κ3) is 6.53. The summed E-state index contributed by atoms with van der Waals surface area (Å²) in [5.74, 6) is 0.352. The lowest BCUT2D eigenvalue weighted by Gasteiger charge is -2.32. The number of carbonyl (C=O) groups is 1. The van der Waals surface area contributed by atoms with Gasteiger partial charge in [-0.25, -0.2) is 15.0 Å². The van der Waals surface area contributed by atoms with Crippen molar-refractivity contribution in [3.05, 3.63) is 83.8 Å². The highest BCUT2D eigenvalue weighted by Gasteiger charge is 2.21.